The van der Waals surface area contributed by atoms with Crippen LogP contribution in [0.1, 0.15) is 75.6 Å². The van der Waals surface area contributed by atoms with Crippen LogP contribution in [0.2, 0.25) is 0 Å². The monoisotopic (exact) mass is 418 g/mol. The summed E-state index contributed by atoms with van der Waals surface area (Å²) in [6, 6.07) is 6.43. The molecule has 21 heavy (non-hydrogen) atoms. The Kier molecular flexibility index (Phi) is 10.5. The van der Waals surface area contributed by atoms with Gasteiger partial charge in [-0.2, -0.15) is 0 Å². The molecule has 0 N–H and O–H groups in total. The second kappa shape index (κ2) is 11.5. The predicted molar refractivity (Wildman–Crippen MR) is 99.6 cm³/mol. The van der Waals surface area contributed by atoms with Crippen LogP contribution in [0.15, 0.2) is 22.7 Å². The van der Waals surface area contributed by atoms with Crippen molar-refractivity contribution in [3.8, 4) is 5.75 Å². The van der Waals surface area contributed by atoms with Crippen molar-refractivity contribution in [3.05, 3.63) is 28.2 Å². The summed E-state index contributed by atoms with van der Waals surface area (Å²) in [5.41, 5.74) is 1.33. The number of hydrogen-bond acceptors (Lipinski definition) is 1. The molecule has 0 radical (unpaired) electrons. The molecule has 3 heteroatoms. The molecule has 0 heterocycles. The molecule has 1 unspecified atom stereocenters. The fourth-order valence-electron chi connectivity index (χ4n) is 2.31. The second-order valence-electron chi connectivity index (χ2n) is 5.56. The lowest BCUT2D eigenvalue weighted by molar-refractivity contribution is 0.315. The van der Waals surface area contributed by atoms with Crippen molar-refractivity contribution < 1.29 is 4.74 Å². The average molecular weight is 420 g/mol. The minimum absolute atomic E-state index is 0.445. The van der Waals surface area contributed by atoms with E-state index in [0.29, 0.717) is 4.83 Å². The molecule has 0 bridgehead atoms. The fourth-order valence-corrected chi connectivity index (χ4v) is 3.43. The molecule has 0 aliphatic carbocycles. The Labute approximate surface area is 147 Å². The maximum absolute atomic E-state index is 5.69. The van der Waals surface area contributed by atoms with Gasteiger partial charge in [0.2, 0.25) is 0 Å². The molecule has 0 spiro atoms. The number of benzene rings is 1. The molecule has 0 saturated heterocycles. The normalized spacial score (nSPS) is 12.4. The topological polar surface area (TPSA) is 9.23 Å². The van der Waals surface area contributed by atoms with Crippen LogP contribution in [-0.2, 0) is 0 Å². The van der Waals surface area contributed by atoms with E-state index in [1.54, 1.807) is 0 Å². The minimum atomic E-state index is 0.445. The van der Waals surface area contributed by atoms with E-state index in [1.807, 2.05) is 0 Å². The standard InChI is InChI=1S/C18H28Br2O/c1-3-5-6-7-8-9-10-16(19)15-11-12-18(17(20)14-15)21-13-4-2/h11-12,14,16H,3-10,13H2,1-2H3. The van der Waals surface area contributed by atoms with Crippen molar-refractivity contribution in [2.75, 3.05) is 6.61 Å². The molecular formula is C18H28Br2O. The molecule has 1 atom stereocenters. The fraction of sp³-hybridized carbons (Fsp3) is 0.667. The van der Waals surface area contributed by atoms with Gasteiger partial charge in [0, 0.05) is 4.83 Å². The lowest BCUT2D eigenvalue weighted by Gasteiger charge is -2.13. The molecule has 1 rings (SSSR count). The van der Waals surface area contributed by atoms with Crippen LogP contribution >= 0.6 is 31.9 Å². The van der Waals surface area contributed by atoms with Crippen LogP contribution in [0.5, 0.6) is 5.75 Å². The molecule has 1 aromatic carbocycles. The second-order valence-corrected chi connectivity index (χ2v) is 7.52. The van der Waals surface area contributed by atoms with Gasteiger partial charge in [0.05, 0.1) is 11.1 Å². The number of rotatable bonds is 11. The third kappa shape index (κ3) is 7.69. The first-order chi connectivity index (χ1) is 10.2. The van der Waals surface area contributed by atoms with Gasteiger partial charge in [0.25, 0.3) is 0 Å². The van der Waals surface area contributed by atoms with Gasteiger partial charge < -0.3 is 4.74 Å². The van der Waals surface area contributed by atoms with Gasteiger partial charge in [-0.1, -0.05) is 74.4 Å². The summed E-state index contributed by atoms with van der Waals surface area (Å²) in [6.45, 7) is 5.16. The minimum Gasteiger partial charge on any atom is -0.492 e. The van der Waals surface area contributed by atoms with Gasteiger partial charge in [-0.3, -0.25) is 0 Å². The molecule has 1 aromatic rings. The van der Waals surface area contributed by atoms with Crippen LogP contribution in [0, 0.1) is 0 Å². The molecule has 0 aliphatic rings. The number of hydrogen-bond donors (Lipinski definition) is 0. The maximum atomic E-state index is 5.69. The zero-order valence-corrected chi connectivity index (χ0v) is 16.5. The highest BCUT2D eigenvalue weighted by Crippen LogP contribution is 2.34. The van der Waals surface area contributed by atoms with Crippen LogP contribution in [-0.4, -0.2) is 6.61 Å². The molecule has 120 valence electrons. The zero-order valence-electron chi connectivity index (χ0n) is 13.3. The van der Waals surface area contributed by atoms with E-state index in [-0.39, 0.29) is 0 Å². The Morgan fingerprint density at radius 2 is 1.71 bits per heavy atom. The first-order valence-electron chi connectivity index (χ1n) is 8.25. The highest BCUT2D eigenvalue weighted by molar-refractivity contribution is 9.10. The van der Waals surface area contributed by atoms with Gasteiger partial charge in [-0.25, -0.2) is 0 Å². The molecule has 0 fully saturated rings. The summed E-state index contributed by atoms with van der Waals surface area (Å²) in [5.74, 6) is 0.944. The molecule has 0 aromatic heterocycles. The average Bonchev–Trinajstić information content (AvgIpc) is 2.49. The largest absolute Gasteiger partial charge is 0.492 e. The number of alkyl halides is 1. The summed E-state index contributed by atoms with van der Waals surface area (Å²) in [7, 11) is 0. The number of halogens is 2. The third-order valence-corrected chi connectivity index (χ3v) is 5.20. The van der Waals surface area contributed by atoms with Crippen molar-refractivity contribution in [3.63, 3.8) is 0 Å². The first kappa shape index (κ1) is 19.0. The summed E-state index contributed by atoms with van der Waals surface area (Å²) in [4.78, 5) is 0.445. The van der Waals surface area contributed by atoms with Gasteiger partial charge in [0.15, 0.2) is 0 Å². The van der Waals surface area contributed by atoms with Gasteiger partial charge >= 0.3 is 0 Å². The van der Waals surface area contributed by atoms with E-state index in [4.69, 9.17) is 4.74 Å². The van der Waals surface area contributed by atoms with E-state index in [0.717, 1.165) is 23.2 Å². The van der Waals surface area contributed by atoms with E-state index in [2.05, 4.69) is 63.9 Å². The Morgan fingerprint density at radius 1 is 1.00 bits per heavy atom. The van der Waals surface area contributed by atoms with Gasteiger partial charge in [0.1, 0.15) is 5.75 Å². The van der Waals surface area contributed by atoms with Gasteiger partial charge in [-0.15, -0.1) is 0 Å². The Balaban J connectivity index is 2.36. The maximum Gasteiger partial charge on any atom is 0.133 e. The molecular weight excluding hydrogens is 392 g/mol. The Bertz CT molecular complexity index is 393. The molecule has 0 amide bonds. The summed E-state index contributed by atoms with van der Waals surface area (Å²) < 4.78 is 6.75. The molecule has 1 nitrogen and oxygen atoms in total. The van der Waals surface area contributed by atoms with E-state index in [1.165, 1.54) is 50.5 Å². The third-order valence-electron chi connectivity index (χ3n) is 3.59. The first-order valence-corrected chi connectivity index (χ1v) is 9.96. The summed E-state index contributed by atoms with van der Waals surface area (Å²) >= 11 is 7.43. The van der Waals surface area contributed by atoms with Crippen LogP contribution < -0.4 is 4.74 Å². The van der Waals surface area contributed by atoms with Gasteiger partial charge in [-0.05, 0) is 46.5 Å². The van der Waals surface area contributed by atoms with Crippen LogP contribution in [0.3, 0.4) is 0 Å². The Hall–Kier alpha value is -0.0200. The quantitative estimate of drug-likeness (QED) is 0.267. The SMILES string of the molecule is CCCCCCCCC(Br)c1ccc(OCCC)c(Br)c1. The zero-order chi connectivity index (χ0) is 15.5. The number of ether oxygens (including phenoxy) is 1. The lowest BCUT2D eigenvalue weighted by atomic mass is 10.0. The van der Waals surface area contributed by atoms with Crippen molar-refractivity contribution in [1.82, 2.24) is 0 Å². The number of unbranched alkanes of at least 4 members (excludes halogenated alkanes) is 5. The smallest absolute Gasteiger partial charge is 0.133 e. The molecule has 0 saturated carbocycles. The summed E-state index contributed by atoms with van der Waals surface area (Å²) in [6.07, 6.45) is 10.3. The van der Waals surface area contributed by atoms with Crippen LogP contribution in [0.4, 0.5) is 0 Å². The van der Waals surface area contributed by atoms with Crippen molar-refractivity contribution in [2.45, 2.75) is 70.0 Å². The van der Waals surface area contributed by atoms with E-state index in [9.17, 15) is 0 Å². The molecule has 0 aliphatic heterocycles. The highest BCUT2D eigenvalue weighted by atomic mass is 79.9. The lowest BCUT2D eigenvalue weighted by Crippen LogP contribution is -1.97. The van der Waals surface area contributed by atoms with Crippen molar-refractivity contribution in [2.24, 2.45) is 0 Å². The Morgan fingerprint density at radius 3 is 2.38 bits per heavy atom. The highest BCUT2D eigenvalue weighted by Gasteiger charge is 2.10. The van der Waals surface area contributed by atoms with Crippen LogP contribution in [0.25, 0.3) is 0 Å². The van der Waals surface area contributed by atoms with Crippen molar-refractivity contribution in [1.29, 1.82) is 0 Å². The van der Waals surface area contributed by atoms with E-state index >= 15 is 0 Å². The predicted octanol–water partition coefficient (Wildman–Crippen LogP) is 7.42. The van der Waals surface area contributed by atoms with E-state index < -0.39 is 0 Å². The summed E-state index contributed by atoms with van der Waals surface area (Å²) in [5, 5.41) is 0. The van der Waals surface area contributed by atoms with Crippen molar-refractivity contribution >= 4 is 31.9 Å².